The Labute approximate surface area is 96.9 Å². The molecule has 2 aliphatic carbocycles. The van der Waals surface area contributed by atoms with Gasteiger partial charge in [-0.25, -0.2) is 0 Å². The molecule has 1 atom stereocenters. The Morgan fingerprint density at radius 3 is 2.62 bits per heavy atom. The number of nitrogens with two attached hydrogens (primary N) is 1. The van der Waals surface area contributed by atoms with Crippen LogP contribution in [0.5, 0.6) is 0 Å². The molecule has 0 aromatic carbocycles. The molecule has 3 N–H and O–H groups in total. The lowest BCUT2D eigenvalue weighted by molar-refractivity contribution is -0.124. The van der Waals surface area contributed by atoms with Crippen molar-refractivity contribution in [2.75, 3.05) is 13.2 Å². The van der Waals surface area contributed by atoms with Gasteiger partial charge < -0.3 is 15.8 Å². The highest BCUT2D eigenvalue weighted by molar-refractivity contribution is 5.84. The van der Waals surface area contributed by atoms with Crippen molar-refractivity contribution in [2.45, 2.75) is 50.6 Å². The molecule has 0 aromatic rings. The van der Waals surface area contributed by atoms with Crippen LogP contribution in [0.4, 0.5) is 0 Å². The van der Waals surface area contributed by atoms with Crippen molar-refractivity contribution < 1.29 is 9.53 Å². The lowest BCUT2D eigenvalue weighted by Gasteiger charge is -2.27. The fourth-order valence-electron chi connectivity index (χ4n) is 1.76. The van der Waals surface area contributed by atoms with E-state index in [0.29, 0.717) is 19.1 Å². The highest BCUT2D eigenvalue weighted by Crippen LogP contribution is 2.29. The summed E-state index contributed by atoms with van der Waals surface area (Å²) >= 11 is 0. The van der Waals surface area contributed by atoms with Crippen LogP contribution in [-0.4, -0.2) is 30.7 Å². The highest BCUT2D eigenvalue weighted by atomic mass is 16.5. The number of primary amides is 1. The van der Waals surface area contributed by atoms with Crippen LogP contribution >= 0.6 is 0 Å². The molecular formula is C12H22N2O2. The molecule has 4 nitrogen and oxygen atoms in total. The topological polar surface area (TPSA) is 64.3 Å². The third-order valence-electron chi connectivity index (χ3n) is 3.44. The maximum absolute atomic E-state index is 11.4. The normalized spacial score (nSPS) is 24.1. The van der Waals surface area contributed by atoms with Gasteiger partial charge in [-0.2, -0.15) is 0 Å². The summed E-state index contributed by atoms with van der Waals surface area (Å²) in [5.41, 5.74) is 4.85. The Kier molecular flexibility index (Phi) is 3.50. The van der Waals surface area contributed by atoms with Gasteiger partial charge >= 0.3 is 0 Å². The van der Waals surface area contributed by atoms with Gasteiger partial charge in [-0.3, -0.25) is 4.79 Å². The van der Waals surface area contributed by atoms with Crippen LogP contribution in [0.3, 0.4) is 0 Å². The summed E-state index contributed by atoms with van der Waals surface area (Å²) in [6.07, 6.45) is 5.59. The van der Waals surface area contributed by atoms with Gasteiger partial charge in [-0.1, -0.05) is 0 Å². The number of hydrogen-bond acceptors (Lipinski definition) is 3. The minimum absolute atomic E-state index is 0.269. The summed E-state index contributed by atoms with van der Waals surface area (Å²) in [5, 5.41) is 3.32. The second-order valence-electron chi connectivity index (χ2n) is 5.38. The molecule has 0 bridgehead atoms. The first kappa shape index (κ1) is 11.9. The van der Waals surface area contributed by atoms with Gasteiger partial charge in [0.05, 0.1) is 5.54 Å². The van der Waals surface area contributed by atoms with E-state index < -0.39 is 5.54 Å². The summed E-state index contributed by atoms with van der Waals surface area (Å²) in [6.45, 7) is 3.35. The average molecular weight is 226 g/mol. The second-order valence-corrected chi connectivity index (χ2v) is 5.38. The minimum atomic E-state index is -0.593. The fraction of sp³-hybridized carbons (Fsp3) is 0.917. The summed E-state index contributed by atoms with van der Waals surface area (Å²) in [4.78, 5) is 11.4. The third kappa shape index (κ3) is 3.46. The largest absolute Gasteiger partial charge is 0.381 e. The molecule has 0 aromatic heterocycles. The molecule has 1 unspecified atom stereocenters. The Morgan fingerprint density at radius 2 is 2.12 bits per heavy atom. The Balaban J connectivity index is 1.69. The first-order chi connectivity index (χ1) is 7.60. The van der Waals surface area contributed by atoms with Crippen molar-refractivity contribution in [1.29, 1.82) is 0 Å². The molecule has 2 aliphatic rings. The van der Waals surface area contributed by atoms with Gasteiger partial charge in [0.2, 0.25) is 5.91 Å². The average Bonchev–Trinajstić information content (AvgIpc) is 3.07. The Bertz CT molecular complexity index is 262. The minimum Gasteiger partial charge on any atom is -0.381 e. The molecule has 0 radical (unpaired) electrons. The van der Waals surface area contributed by atoms with E-state index in [1.165, 1.54) is 12.8 Å². The summed E-state index contributed by atoms with van der Waals surface area (Å²) in [7, 11) is 0. The van der Waals surface area contributed by atoms with E-state index in [-0.39, 0.29) is 5.91 Å². The zero-order valence-corrected chi connectivity index (χ0v) is 10.00. The number of ether oxygens (including phenoxy) is 1. The maximum atomic E-state index is 11.4. The van der Waals surface area contributed by atoms with Gasteiger partial charge in [0.25, 0.3) is 0 Å². The van der Waals surface area contributed by atoms with Crippen LogP contribution in [0.15, 0.2) is 0 Å². The van der Waals surface area contributed by atoms with E-state index in [4.69, 9.17) is 10.5 Å². The molecule has 1 amide bonds. The zero-order valence-electron chi connectivity index (χ0n) is 10.00. The molecular weight excluding hydrogens is 204 g/mol. The van der Waals surface area contributed by atoms with Gasteiger partial charge in [0.1, 0.15) is 0 Å². The van der Waals surface area contributed by atoms with Crippen molar-refractivity contribution >= 4 is 5.91 Å². The zero-order chi connectivity index (χ0) is 11.6. The van der Waals surface area contributed by atoms with Gasteiger partial charge in [-0.15, -0.1) is 0 Å². The molecule has 2 fully saturated rings. The maximum Gasteiger partial charge on any atom is 0.237 e. The first-order valence-electron chi connectivity index (χ1n) is 6.25. The predicted molar refractivity (Wildman–Crippen MR) is 61.9 cm³/mol. The van der Waals surface area contributed by atoms with Crippen LogP contribution in [-0.2, 0) is 9.53 Å². The van der Waals surface area contributed by atoms with E-state index in [2.05, 4.69) is 5.32 Å². The lowest BCUT2D eigenvalue weighted by Crippen LogP contribution is -2.54. The smallest absolute Gasteiger partial charge is 0.237 e. The lowest BCUT2D eigenvalue weighted by atomic mass is 9.97. The number of nitrogens with one attached hydrogen (secondary N) is 1. The van der Waals surface area contributed by atoms with Crippen LogP contribution in [0.25, 0.3) is 0 Å². The fourth-order valence-corrected chi connectivity index (χ4v) is 1.76. The van der Waals surface area contributed by atoms with Crippen molar-refractivity contribution in [3.05, 3.63) is 0 Å². The van der Waals surface area contributed by atoms with Crippen molar-refractivity contribution in [1.82, 2.24) is 5.32 Å². The molecule has 0 saturated heterocycles. The Hall–Kier alpha value is -0.610. The summed E-state index contributed by atoms with van der Waals surface area (Å²) in [5.74, 6) is 0.505. The summed E-state index contributed by atoms with van der Waals surface area (Å²) < 4.78 is 5.56. The van der Waals surface area contributed by atoms with E-state index in [1.807, 2.05) is 6.92 Å². The molecule has 2 rings (SSSR count). The number of carbonyl (C=O) groups is 1. The van der Waals surface area contributed by atoms with Crippen molar-refractivity contribution in [2.24, 2.45) is 11.7 Å². The van der Waals surface area contributed by atoms with Crippen molar-refractivity contribution in [3.8, 4) is 0 Å². The van der Waals surface area contributed by atoms with Crippen LogP contribution < -0.4 is 11.1 Å². The van der Waals surface area contributed by atoms with E-state index in [9.17, 15) is 4.79 Å². The van der Waals surface area contributed by atoms with Crippen molar-refractivity contribution in [3.63, 3.8) is 0 Å². The molecule has 0 spiro atoms. The quantitative estimate of drug-likeness (QED) is 0.602. The molecule has 92 valence electrons. The standard InChI is InChI=1S/C12H22N2O2/c1-12(11(13)15,14-10-4-5-10)6-7-16-8-9-2-3-9/h9-10,14H,2-8H2,1H3,(H2,13,15). The molecule has 0 aliphatic heterocycles. The number of carbonyl (C=O) groups excluding carboxylic acids is 1. The van der Waals surface area contributed by atoms with Crippen LogP contribution in [0.2, 0.25) is 0 Å². The second kappa shape index (κ2) is 4.72. The molecule has 4 heteroatoms. The van der Waals surface area contributed by atoms with Crippen LogP contribution in [0, 0.1) is 5.92 Å². The van der Waals surface area contributed by atoms with E-state index in [1.54, 1.807) is 0 Å². The SMILES string of the molecule is CC(CCOCC1CC1)(NC1CC1)C(N)=O. The van der Waals surface area contributed by atoms with Gasteiger partial charge in [0, 0.05) is 19.3 Å². The predicted octanol–water partition coefficient (Wildman–Crippen LogP) is 0.799. The molecule has 0 heterocycles. The first-order valence-corrected chi connectivity index (χ1v) is 6.25. The van der Waals surface area contributed by atoms with E-state index >= 15 is 0 Å². The Morgan fingerprint density at radius 1 is 1.44 bits per heavy atom. The van der Waals surface area contributed by atoms with Gasteiger partial charge in [0.15, 0.2) is 0 Å². The van der Waals surface area contributed by atoms with Gasteiger partial charge in [-0.05, 0) is 44.9 Å². The molecule has 2 saturated carbocycles. The molecule has 16 heavy (non-hydrogen) atoms. The number of hydrogen-bond donors (Lipinski definition) is 2. The number of rotatable bonds is 8. The number of amides is 1. The summed E-state index contributed by atoms with van der Waals surface area (Å²) in [6, 6.07) is 0.487. The van der Waals surface area contributed by atoms with Crippen LogP contribution in [0.1, 0.15) is 39.0 Å². The monoisotopic (exact) mass is 226 g/mol. The third-order valence-corrected chi connectivity index (χ3v) is 3.44. The highest BCUT2D eigenvalue weighted by Gasteiger charge is 2.36. The van der Waals surface area contributed by atoms with E-state index in [0.717, 1.165) is 25.4 Å².